The van der Waals surface area contributed by atoms with E-state index in [1.807, 2.05) is 13.0 Å². The van der Waals surface area contributed by atoms with Crippen molar-refractivity contribution in [2.75, 3.05) is 5.73 Å². The van der Waals surface area contributed by atoms with Crippen LogP contribution in [-0.4, -0.2) is 0 Å². The molecule has 0 unspecified atom stereocenters. The highest BCUT2D eigenvalue weighted by atomic mass is 79.9. The number of anilines is 1. The first kappa shape index (κ1) is 9.74. The molecule has 2 rings (SSSR count). The number of rotatable bonds is 1. The first-order valence-corrected chi connectivity index (χ1v) is 6.00. The van der Waals surface area contributed by atoms with Gasteiger partial charge in [0.15, 0.2) is 0 Å². The molecule has 0 saturated carbocycles. The van der Waals surface area contributed by atoms with E-state index in [9.17, 15) is 0 Å². The Morgan fingerprint density at radius 1 is 1.29 bits per heavy atom. The molecule has 72 valence electrons. The third-order valence-corrected chi connectivity index (χ3v) is 3.91. The summed E-state index contributed by atoms with van der Waals surface area (Å²) in [4.78, 5) is 0. The zero-order chi connectivity index (χ0) is 10.1. The van der Waals surface area contributed by atoms with Crippen molar-refractivity contribution in [3.05, 3.63) is 39.0 Å². The lowest BCUT2D eigenvalue weighted by Gasteiger charge is -2.03. The second-order valence-corrected chi connectivity index (χ2v) is 4.80. The van der Waals surface area contributed by atoms with Crippen LogP contribution in [0.2, 0.25) is 0 Å². The number of benzene rings is 1. The minimum Gasteiger partial charge on any atom is -0.398 e. The Morgan fingerprint density at radius 3 is 2.64 bits per heavy atom. The molecule has 1 aromatic heterocycles. The molecule has 0 fully saturated rings. The normalized spacial score (nSPS) is 10.4. The van der Waals surface area contributed by atoms with Crippen molar-refractivity contribution < 1.29 is 0 Å². The quantitative estimate of drug-likeness (QED) is 0.775. The fourth-order valence-corrected chi connectivity index (χ4v) is 2.83. The lowest BCUT2D eigenvalue weighted by Crippen LogP contribution is -1.89. The number of halogens is 1. The SMILES string of the molecule is Cc1ccc(-c2cscc2Br)cc1N. The summed E-state index contributed by atoms with van der Waals surface area (Å²) in [6.07, 6.45) is 0. The molecule has 0 aliphatic rings. The highest BCUT2D eigenvalue weighted by Crippen LogP contribution is 2.32. The van der Waals surface area contributed by atoms with Crippen LogP contribution in [0.1, 0.15) is 5.56 Å². The van der Waals surface area contributed by atoms with Gasteiger partial charge in [0, 0.05) is 21.1 Å². The maximum Gasteiger partial charge on any atom is 0.0360 e. The molecule has 0 amide bonds. The zero-order valence-electron chi connectivity index (χ0n) is 7.75. The van der Waals surface area contributed by atoms with Crippen LogP contribution in [0.25, 0.3) is 11.1 Å². The first-order valence-electron chi connectivity index (χ1n) is 4.26. The van der Waals surface area contributed by atoms with Crippen LogP contribution in [0.15, 0.2) is 33.4 Å². The summed E-state index contributed by atoms with van der Waals surface area (Å²) in [6.45, 7) is 2.02. The highest BCUT2D eigenvalue weighted by Gasteiger charge is 2.04. The summed E-state index contributed by atoms with van der Waals surface area (Å²) >= 11 is 5.20. The number of hydrogen-bond acceptors (Lipinski definition) is 2. The molecule has 14 heavy (non-hydrogen) atoms. The van der Waals surface area contributed by atoms with Crippen molar-refractivity contribution in [3.63, 3.8) is 0 Å². The van der Waals surface area contributed by atoms with E-state index in [-0.39, 0.29) is 0 Å². The summed E-state index contributed by atoms with van der Waals surface area (Å²) in [5.41, 5.74) is 10.2. The Labute approximate surface area is 95.7 Å². The van der Waals surface area contributed by atoms with Crippen molar-refractivity contribution in [2.24, 2.45) is 0 Å². The van der Waals surface area contributed by atoms with E-state index in [1.54, 1.807) is 11.3 Å². The molecule has 0 spiro atoms. The van der Waals surface area contributed by atoms with Gasteiger partial charge in [-0.3, -0.25) is 0 Å². The van der Waals surface area contributed by atoms with E-state index in [4.69, 9.17) is 5.73 Å². The van der Waals surface area contributed by atoms with Crippen LogP contribution in [-0.2, 0) is 0 Å². The van der Waals surface area contributed by atoms with Gasteiger partial charge in [-0.1, -0.05) is 12.1 Å². The molecule has 0 aliphatic heterocycles. The van der Waals surface area contributed by atoms with E-state index in [1.165, 1.54) is 11.1 Å². The number of aryl methyl sites for hydroxylation is 1. The van der Waals surface area contributed by atoms with Gasteiger partial charge in [-0.05, 0) is 45.4 Å². The molecule has 0 aliphatic carbocycles. The van der Waals surface area contributed by atoms with Crippen LogP contribution in [0.4, 0.5) is 5.69 Å². The smallest absolute Gasteiger partial charge is 0.0360 e. The predicted molar refractivity (Wildman–Crippen MR) is 66.6 cm³/mol. The van der Waals surface area contributed by atoms with Gasteiger partial charge in [-0.15, -0.1) is 0 Å². The van der Waals surface area contributed by atoms with Gasteiger partial charge in [-0.25, -0.2) is 0 Å². The third kappa shape index (κ3) is 1.70. The van der Waals surface area contributed by atoms with Gasteiger partial charge in [0.2, 0.25) is 0 Å². The van der Waals surface area contributed by atoms with Crippen LogP contribution < -0.4 is 5.73 Å². The fraction of sp³-hybridized carbons (Fsp3) is 0.0909. The maximum atomic E-state index is 5.86. The summed E-state index contributed by atoms with van der Waals surface area (Å²) in [7, 11) is 0. The molecule has 1 nitrogen and oxygen atoms in total. The topological polar surface area (TPSA) is 26.0 Å². The van der Waals surface area contributed by atoms with Crippen LogP contribution in [0.5, 0.6) is 0 Å². The minimum absolute atomic E-state index is 0.848. The lowest BCUT2D eigenvalue weighted by atomic mass is 10.1. The second-order valence-electron chi connectivity index (χ2n) is 3.20. The first-order chi connectivity index (χ1) is 6.68. The van der Waals surface area contributed by atoms with Crippen molar-refractivity contribution in [1.29, 1.82) is 0 Å². The third-order valence-electron chi connectivity index (χ3n) is 2.20. The number of thiophene rings is 1. The molecule has 0 bridgehead atoms. The number of nitrogen functional groups attached to an aromatic ring is 1. The van der Waals surface area contributed by atoms with Gasteiger partial charge in [0.05, 0.1) is 0 Å². The molecule has 2 N–H and O–H groups in total. The van der Waals surface area contributed by atoms with Gasteiger partial charge in [0.25, 0.3) is 0 Å². The summed E-state index contributed by atoms with van der Waals surface area (Å²) in [5.74, 6) is 0. The highest BCUT2D eigenvalue weighted by molar-refractivity contribution is 9.10. The number of hydrogen-bond donors (Lipinski definition) is 1. The molecule has 0 radical (unpaired) electrons. The Morgan fingerprint density at radius 2 is 2.07 bits per heavy atom. The van der Waals surface area contributed by atoms with E-state index in [2.05, 4.69) is 38.8 Å². The van der Waals surface area contributed by atoms with E-state index < -0.39 is 0 Å². The molecule has 1 aromatic carbocycles. The Bertz CT molecular complexity index is 462. The van der Waals surface area contributed by atoms with Crippen molar-refractivity contribution >= 4 is 33.0 Å². The average Bonchev–Trinajstić information content (AvgIpc) is 2.57. The Hall–Kier alpha value is -0.800. The van der Waals surface area contributed by atoms with Crippen molar-refractivity contribution in [2.45, 2.75) is 6.92 Å². The average molecular weight is 268 g/mol. The molecular formula is C11H10BrNS. The summed E-state index contributed by atoms with van der Waals surface area (Å²) in [6, 6.07) is 6.16. The maximum absolute atomic E-state index is 5.86. The monoisotopic (exact) mass is 267 g/mol. The Balaban J connectivity index is 2.53. The van der Waals surface area contributed by atoms with Crippen molar-refractivity contribution in [3.8, 4) is 11.1 Å². The summed E-state index contributed by atoms with van der Waals surface area (Å²) < 4.78 is 1.13. The summed E-state index contributed by atoms with van der Waals surface area (Å²) in [5, 5.41) is 4.19. The molecule has 0 saturated heterocycles. The minimum atomic E-state index is 0.848. The van der Waals surface area contributed by atoms with E-state index in [0.29, 0.717) is 0 Å². The standard InChI is InChI=1S/C11H10BrNS/c1-7-2-3-8(4-11(7)13)9-5-14-6-10(9)12/h2-6H,13H2,1H3. The molecule has 2 aromatic rings. The van der Waals surface area contributed by atoms with Crippen LogP contribution in [0, 0.1) is 6.92 Å². The van der Waals surface area contributed by atoms with E-state index in [0.717, 1.165) is 15.7 Å². The van der Waals surface area contributed by atoms with Gasteiger partial charge < -0.3 is 5.73 Å². The molecule has 0 atom stereocenters. The van der Waals surface area contributed by atoms with Crippen LogP contribution in [0.3, 0.4) is 0 Å². The van der Waals surface area contributed by atoms with Gasteiger partial charge >= 0.3 is 0 Å². The molecule has 3 heteroatoms. The van der Waals surface area contributed by atoms with Gasteiger partial charge in [0.1, 0.15) is 0 Å². The second kappa shape index (κ2) is 3.75. The Kier molecular flexibility index (Phi) is 2.61. The largest absolute Gasteiger partial charge is 0.398 e. The van der Waals surface area contributed by atoms with E-state index >= 15 is 0 Å². The predicted octanol–water partition coefficient (Wildman–Crippen LogP) is 4.07. The molecule has 1 heterocycles. The van der Waals surface area contributed by atoms with Crippen LogP contribution >= 0.6 is 27.3 Å². The van der Waals surface area contributed by atoms with Crippen molar-refractivity contribution in [1.82, 2.24) is 0 Å². The van der Waals surface area contributed by atoms with Gasteiger partial charge in [-0.2, -0.15) is 11.3 Å². The zero-order valence-corrected chi connectivity index (χ0v) is 10.2. The lowest BCUT2D eigenvalue weighted by molar-refractivity contribution is 1.47. The molecular weight excluding hydrogens is 258 g/mol. The fourth-order valence-electron chi connectivity index (χ4n) is 1.30. The number of nitrogens with two attached hydrogens (primary N) is 1.